The fraction of sp³-hybridized carbons (Fsp3) is 0.154. The van der Waals surface area contributed by atoms with Crippen LogP contribution in [-0.2, 0) is 10.0 Å². The summed E-state index contributed by atoms with van der Waals surface area (Å²) < 4.78 is 24.7. The number of sulfonamides is 1. The van der Waals surface area contributed by atoms with Crippen LogP contribution >= 0.6 is 22.9 Å². The van der Waals surface area contributed by atoms with Crippen LogP contribution in [0, 0.1) is 6.92 Å². The summed E-state index contributed by atoms with van der Waals surface area (Å²) in [5, 5.41) is 3.91. The molecule has 2 aromatic rings. The lowest BCUT2D eigenvalue weighted by Crippen LogP contribution is -2.19. The molecule has 0 radical (unpaired) electrons. The summed E-state index contributed by atoms with van der Waals surface area (Å²) in [5.41, 5.74) is 1.56. The topological polar surface area (TPSA) is 58.5 Å². The number of aryl methyl sites for hydroxylation is 1. The number of hydrazone groups is 1. The molecular weight excluding hydrogens is 316 g/mol. The molecule has 20 heavy (non-hydrogen) atoms. The molecule has 0 saturated heterocycles. The van der Waals surface area contributed by atoms with Crippen molar-refractivity contribution in [2.75, 3.05) is 0 Å². The quantitative estimate of drug-likeness (QED) is 0.690. The van der Waals surface area contributed by atoms with E-state index in [0.717, 1.165) is 10.4 Å². The second kappa shape index (κ2) is 5.95. The minimum absolute atomic E-state index is 0.184. The Kier molecular flexibility index (Phi) is 4.47. The van der Waals surface area contributed by atoms with Crippen LogP contribution in [0.1, 0.15) is 17.4 Å². The molecule has 0 fully saturated rings. The van der Waals surface area contributed by atoms with E-state index >= 15 is 0 Å². The van der Waals surface area contributed by atoms with Gasteiger partial charge in [0.2, 0.25) is 0 Å². The molecule has 0 amide bonds. The highest BCUT2D eigenvalue weighted by atomic mass is 35.5. The molecule has 1 aromatic carbocycles. The monoisotopic (exact) mass is 328 g/mol. The first-order valence-electron chi connectivity index (χ1n) is 5.77. The summed E-state index contributed by atoms with van der Waals surface area (Å²) in [6, 6.07) is 10.1. The summed E-state index contributed by atoms with van der Waals surface area (Å²) in [5.74, 6) is 0. The average Bonchev–Trinajstić information content (AvgIpc) is 2.83. The van der Waals surface area contributed by atoms with Crippen molar-refractivity contribution >= 4 is 38.7 Å². The Morgan fingerprint density at radius 3 is 2.40 bits per heavy atom. The van der Waals surface area contributed by atoms with Crippen molar-refractivity contribution in [1.82, 2.24) is 4.83 Å². The standard InChI is InChI=1S/C13H13ClN2O2S2/c1-9-3-5-11(6-4-9)20(17,18)16-15-10(2)12-7-8-13(14)19-12/h3-8,16H,1-2H3/b15-10-. The van der Waals surface area contributed by atoms with Crippen molar-refractivity contribution in [3.63, 3.8) is 0 Å². The summed E-state index contributed by atoms with van der Waals surface area (Å²) in [7, 11) is -3.64. The van der Waals surface area contributed by atoms with Gasteiger partial charge in [0.05, 0.1) is 19.8 Å². The predicted molar refractivity (Wildman–Crippen MR) is 83.0 cm³/mol. The van der Waals surface area contributed by atoms with Crippen molar-refractivity contribution in [2.24, 2.45) is 5.10 Å². The molecule has 106 valence electrons. The maximum absolute atomic E-state index is 12.0. The first-order valence-corrected chi connectivity index (χ1v) is 8.45. The number of thiophene rings is 1. The van der Waals surface area contributed by atoms with E-state index in [2.05, 4.69) is 9.93 Å². The molecule has 0 spiro atoms. The molecule has 0 atom stereocenters. The van der Waals surface area contributed by atoms with Crippen molar-refractivity contribution < 1.29 is 8.42 Å². The third-order valence-corrected chi connectivity index (χ3v) is 5.16. The molecule has 0 unspecified atom stereocenters. The summed E-state index contributed by atoms with van der Waals surface area (Å²) in [6.07, 6.45) is 0. The van der Waals surface area contributed by atoms with Gasteiger partial charge in [0.15, 0.2) is 0 Å². The molecular formula is C13H13ClN2O2S2. The highest BCUT2D eigenvalue weighted by Gasteiger charge is 2.12. The Morgan fingerprint density at radius 1 is 1.20 bits per heavy atom. The fourth-order valence-corrected chi connectivity index (χ4v) is 3.31. The van der Waals surface area contributed by atoms with E-state index in [0.29, 0.717) is 10.0 Å². The molecule has 1 aromatic heterocycles. The van der Waals surface area contributed by atoms with Crippen molar-refractivity contribution in [3.05, 3.63) is 51.2 Å². The van der Waals surface area contributed by atoms with Crippen molar-refractivity contribution in [2.45, 2.75) is 18.7 Å². The minimum Gasteiger partial charge on any atom is -0.200 e. The largest absolute Gasteiger partial charge is 0.276 e. The normalized spacial score (nSPS) is 12.4. The van der Waals surface area contributed by atoms with Crippen LogP contribution < -0.4 is 4.83 Å². The van der Waals surface area contributed by atoms with E-state index in [1.807, 2.05) is 6.92 Å². The number of halogens is 1. The molecule has 0 aliphatic carbocycles. The number of benzene rings is 1. The summed E-state index contributed by atoms with van der Waals surface area (Å²) in [4.78, 5) is 3.23. The number of hydrogen-bond acceptors (Lipinski definition) is 4. The summed E-state index contributed by atoms with van der Waals surface area (Å²) >= 11 is 7.17. The zero-order valence-electron chi connectivity index (χ0n) is 10.9. The zero-order valence-corrected chi connectivity index (χ0v) is 13.3. The number of nitrogens with one attached hydrogen (secondary N) is 1. The van der Waals surface area contributed by atoms with Crippen LogP contribution in [0.3, 0.4) is 0 Å². The van der Waals surface area contributed by atoms with Gasteiger partial charge in [0.1, 0.15) is 0 Å². The molecule has 2 rings (SSSR count). The molecule has 0 aliphatic heterocycles. The van der Waals surface area contributed by atoms with Gasteiger partial charge in [-0.15, -0.1) is 11.3 Å². The van der Waals surface area contributed by atoms with Crippen LogP contribution in [0.25, 0.3) is 0 Å². The van der Waals surface area contributed by atoms with E-state index in [1.54, 1.807) is 43.3 Å². The predicted octanol–water partition coefficient (Wildman–Crippen LogP) is 3.41. The van der Waals surface area contributed by atoms with E-state index in [4.69, 9.17) is 11.6 Å². The molecule has 4 nitrogen and oxygen atoms in total. The van der Waals surface area contributed by atoms with Crippen LogP contribution in [-0.4, -0.2) is 14.1 Å². The van der Waals surface area contributed by atoms with Crippen LogP contribution in [0.5, 0.6) is 0 Å². The number of hydrogen-bond donors (Lipinski definition) is 1. The van der Waals surface area contributed by atoms with Gasteiger partial charge in [-0.25, -0.2) is 0 Å². The molecule has 0 saturated carbocycles. The molecule has 1 heterocycles. The lowest BCUT2D eigenvalue weighted by Gasteiger charge is -2.04. The van der Waals surface area contributed by atoms with Gasteiger partial charge in [-0.05, 0) is 38.1 Å². The third-order valence-electron chi connectivity index (χ3n) is 2.59. The van der Waals surface area contributed by atoms with Crippen LogP contribution in [0.2, 0.25) is 4.34 Å². The molecule has 1 N–H and O–H groups in total. The van der Waals surface area contributed by atoms with E-state index in [1.165, 1.54) is 11.3 Å². The SMILES string of the molecule is C/C(=N/NS(=O)(=O)c1ccc(C)cc1)c1ccc(Cl)s1. The van der Waals surface area contributed by atoms with Crippen molar-refractivity contribution in [3.8, 4) is 0 Å². The van der Waals surface area contributed by atoms with Gasteiger partial charge in [0.25, 0.3) is 10.0 Å². The Morgan fingerprint density at radius 2 is 1.85 bits per heavy atom. The second-order valence-electron chi connectivity index (χ2n) is 4.21. The Hall–Kier alpha value is -1.37. The van der Waals surface area contributed by atoms with Gasteiger partial charge < -0.3 is 0 Å². The average molecular weight is 329 g/mol. The Balaban J connectivity index is 2.18. The smallest absolute Gasteiger partial charge is 0.200 e. The lowest BCUT2D eigenvalue weighted by molar-refractivity contribution is 0.584. The Labute approximate surface area is 127 Å². The maximum Gasteiger partial charge on any atom is 0.276 e. The third kappa shape index (κ3) is 3.59. The summed E-state index contributed by atoms with van der Waals surface area (Å²) in [6.45, 7) is 3.62. The van der Waals surface area contributed by atoms with Crippen LogP contribution in [0.15, 0.2) is 46.4 Å². The minimum atomic E-state index is -3.64. The van der Waals surface area contributed by atoms with Gasteiger partial charge in [0, 0.05) is 0 Å². The van der Waals surface area contributed by atoms with E-state index in [-0.39, 0.29) is 4.90 Å². The van der Waals surface area contributed by atoms with Gasteiger partial charge in [-0.1, -0.05) is 29.3 Å². The van der Waals surface area contributed by atoms with Crippen LogP contribution in [0.4, 0.5) is 0 Å². The highest BCUT2D eigenvalue weighted by Crippen LogP contribution is 2.22. The highest BCUT2D eigenvalue weighted by molar-refractivity contribution is 7.89. The van der Waals surface area contributed by atoms with E-state index in [9.17, 15) is 8.42 Å². The lowest BCUT2D eigenvalue weighted by atomic mass is 10.2. The fourth-order valence-electron chi connectivity index (χ4n) is 1.46. The second-order valence-corrected chi connectivity index (χ2v) is 7.58. The number of rotatable bonds is 4. The molecule has 7 heteroatoms. The molecule has 0 bridgehead atoms. The van der Waals surface area contributed by atoms with Gasteiger partial charge in [-0.2, -0.15) is 18.4 Å². The first-order chi connectivity index (χ1) is 9.38. The van der Waals surface area contributed by atoms with Crippen molar-refractivity contribution in [1.29, 1.82) is 0 Å². The van der Waals surface area contributed by atoms with Gasteiger partial charge >= 0.3 is 0 Å². The molecule has 0 aliphatic rings. The maximum atomic E-state index is 12.0. The zero-order chi connectivity index (χ0) is 14.8. The number of nitrogens with zero attached hydrogens (tertiary/aromatic N) is 1. The Bertz CT molecular complexity index is 734. The van der Waals surface area contributed by atoms with E-state index < -0.39 is 10.0 Å². The first kappa shape index (κ1) is 15.0. The van der Waals surface area contributed by atoms with Gasteiger partial charge in [-0.3, -0.25) is 0 Å².